The van der Waals surface area contributed by atoms with E-state index in [1.54, 1.807) is 0 Å². The molecule has 0 aromatic heterocycles. The number of fused-ring (bicyclic) bond motifs is 2. The normalized spacial score (nSPS) is 54.0. The fourth-order valence-electron chi connectivity index (χ4n) is 7.72. The number of amides is 1. The molecular weight excluding hydrogens is 284 g/mol. The van der Waals surface area contributed by atoms with Crippen LogP contribution >= 0.6 is 0 Å². The van der Waals surface area contributed by atoms with E-state index < -0.39 is 0 Å². The lowest BCUT2D eigenvalue weighted by atomic mass is 9.49. The molecule has 128 valence electrons. The van der Waals surface area contributed by atoms with Crippen molar-refractivity contribution in [2.45, 2.75) is 82.7 Å². The molecule has 0 radical (unpaired) electrons. The van der Waals surface area contributed by atoms with Crippen LogP contribution in [0, 0.1) is 35.0 Å². The molecule has 2 atom stereocenters. The van der Waals surface area contributed by atoms with Gasteiger partial charge in [0.15, 0.2) is 0 Å². The van der Waals surface area contributed by atoms with E-state index in [0.717, 1.165) is 30.6 Å². The van der Waals surface area contributed by atoms with Crippen molar-refractivity contribution in [1.82, 2.24) is 5.32 Å². The summed E-state index contributed by atoms with van der Waals surface area (Å²) in [6.45, 7) is 0. The average molecular weight is 316 g/mol. The summed E-state index contributed by atoms with van der Waals surface area (Å²) in [7, 11) is 0. The van der Waals surface area contributed by atoms with Gasteiger partial charge in [0.05, 0.1) is 0 Å². The fourth-order valence-corrected chi connectivity index (χ4v) is 7.72. The SMILES string of the molecule is NC1CC2CCCC(C1)C2NC(=O)C12CC3CC(CC(C3)C1)C2. The van der Waals surface area contributed by atoms with Crippen molar-refractivity contribution in [1.29, 1.82) is 0 Å². The molecule has 3 heteroatoms. The Morgan fingerprint density at radius 2 is 1.39 bits per heavy atom. The highest BCUT2D eigenvalue weighted by atomic mass is 16.2. The molecule has 6 fully saturated rings. The Kier molecular flexibility index (Phi) is 3.34. The largest absolute Gasteiger partial charge is 0.352 e. The summed E-state index contributed by atoms with van der Waals surface area (Å²) >= 11 is 0. The third-order valence-corrected chi connectivity index (χ3v) is 8.19. The van der Waals surface area contributed by atoms with Crippen LogP contribution in [0.4, 0.5) is 0 Å². The summed E-state index contributed by atoms with van der Waals surface area (Å²) < 4.78 is 0. The molecule has 6 rings (SSSR count). The highest BCUT2D eigenvalue weighted by Crippen LogP contribution is 2.60. The summed E-state index contributed by atoms with van der Waals surface area (Å²) in [5.74, 6) is 4.29. The number of carbonyl (C=O) groups is 1. The number of hydrogen-bond acceptors (Lipinski definition) is 2. The first-order valence-corrected chi connectivity index (χ1v) is 10.2. The zero-order valence-corrected chi connectivity index (χ0v) is 14.3. The molecule has 0 saturated heterocycles. The van der Waals surface area contributed by atoms with Gasteiger partial charge in [-0.05, 0) is 93.8 Å². The third-order valence-electron chi connectivity index (χ3n) is 8.19. The molecule has 23 heavy (non-hydrogen) atoms. The molecule has 6 bridgehead atoms. The number of carbonyl (C=O) groups excluding carboxylic acids is 1. The molecule has 2 unspecified atom stereocenters. The van der Waals surface area contributed by atoms with Crippen molar-refractivity contribution < 1.29 is 4.79 Å². The molecule has 3 nitrogen and oxygen atoms in total. The second kappa shape index (κ2) is 5.21. The Labute approximate surface area is 140 Å². The van der Waals surface area contributed by atoms with Crippen LogP contribution in [0.5, 0.6) is 0 Å². The molecule has 0 aromatic rings. The van der Waals surface area contributed by atoms with Gasteiger partial charge in [-0.3, -0.25) is 4.79 Å². The van der Waals surface area contributed by atoms with Crippen molar-refractivity contribution in [2.24, 2.45) is 40.7 Å². The molecule has 6 aliphatic carbocycles. The van der Waals surface area contributed by atoms with Gasteiger partial charge in [-0.1, -0.05) is 6.42 Å². The Morgan fingerprint density at radius 3 is 1.91 bits per heavy atom. The van der Waals surface area contributed by atoms with Gasteiger partial charge >= 0.3 is 0 Å². The fraction of sp³-hybridized carbons (Fsp3) is 0.950. The molecule has 6 saturated carbocycles. The summed E-state index contributed by atoms with van der Waals surface area (Å²) in [6, 6.07) is 0.807. The van der Waals surface area contributed by atoms with E-state index >= 15 is 0 Å². The zero-order chi connectivity index (χ0) is 15.6. The first-order chi connectivity index (χ1) is 11.1. The number of nitrogens with one attached hydrogen (secondary N) is 1. The van der Waals surface area contributed by atoms with Crippen molar-refractivity contribution in [3.05, 3.63) is 0 Å². The monoisotopic (exact) mass is 316 g/mol. The Bertz CT molecular complexity index is 453. The molecule has 3 N–H and O–H groups in total. The second-order valence-corrected chi connectivity index (χ2v) is 9.88. The average Bonchev–Trinajstić information content (AvgIpc) is 2.46. The highest BCUT2D eigenvalue weighted by molar-refractivity contribution is 5.83. The second-order valence-electron chi connectivity index (χ2n) is 9.88. The Hall–Kier alpha value is -0.570. The van der Waals surface area contributed by atoms with Crippen LogP contribution in [0.3, 0.4) is 0 Å². The highest BCUT2D eigenvalue weighted by Gasteiger charge is 2.55. The maximum absolute atomic E-state index is 13.3. The van der Waals surface area contributed by atoms with E-state index in [-0.39, 0.29) is 5.41 Å². The van der Waals surface area contributed by atoms with Crippen LogP contribution in [0.25, 0.3) is 0 Å². The number of rotatable bonds is 2. The van der Waals surface area contributed by atoms with E-state index in [4.69, 9.17) is 5.73 Å². The molecular formula is C20H32N2O. The topological polar surface area (TPSA) is 55.1 Å². The van der Waals surface area contributed by atoms with Crippen molar-refractivity contribution >= 4 is 5.91 Å². The van der Waals surface area contributed by atoms with Gasteiger partial charge in [-0.15, -0.1) is 0 Å². The van der Waals surface area contributed by atoms with Gasteiger partial charge in [0, 0.05) is 17.5 Å². The van der Waals surface area contributed by atoms with Gasteiger partial charge in [-0.2, -0.15) is 0 Å². The van der Waals surface area contributed by atoms with Crippen molar-refractivity contribution in [2.75, 3.05) is 0 Å². The lowest BCUT2D eigenvalue weighted by Gasteiger charge is -2.56. The molecule has 6 aliphatic rings. The minimum Gasteiger partial charge on any atom is -0.352 e. The Morgan fingerprint density at radius 1 is 0.870 bits per heavy atom. The summed E-state index contributed by atoms with van der Waals surface area (Å²) in [6.07, 6.45) is 13.9. The lowest BCUT2D eigenvalue weighted by Crippen LogP contribution is -2.59. The standard InChI is InChI=1S/C20H32N2O/c21-17-7-15-2-1-3-16(8-17)18(15)22-19(23)20-9-12-4-13(10-20)6-14(5-12)11-20/h12-18H,1-11,21H2,(H,22,23). The van der Waals surface area contributed by atoms with E-state index in [1.165, 1.54) is 57.8 Å². The van der Waals surface area contributed by atoms with Crippen LogP contribution in [-0.4, -0.2) is 18.0 Å². The predicted molar refractivity (Wildman–Crippen MR) is 90.6 cm³/mol. The van der Waals surface area contributed by atoms with Crippen LogP contribution in [0.1, 0.15) is 70.6 Å². The van der Waals surface area contributed by atoms with Crippen LogP contribution in [0.15, 0.2) is 0 Å². The first-order valence-electron chi connectivity index (χ1n) is 10.2. The minimum absolute atomic E-state index is 0.0165. The van der Waals surface area contributed by atoms with Crippen molar-refractivity contribution in [3.8, 4) is 0 Å². The molecule has 0 aliphatic heterocycles. The van der Waals surface area contributed by atoms with E-state index in [9.17, 15) is 4.79 Å². The molecule has 0 heterocycles. The predicted octanol–water partition coefficient (Wildman–Crippen LogP) is 3.23. The number of nitrogens with two attached hydrogens (primary N) is 1. The molecule has 1 amide bonds. The first kappa shape index (κ1) is 14.7. The Balaban J connectivity index is 1.33. The van der Waals surface area contributed by atoms with Crippen LogP contribution in [0.2, 0.25) is 0 Å². The van der Waals surface area contributed by atoms with E-state index in [0.29, 0.717) is 29.8 Å². The summed E-state index contributed by atoms with van der Waals surface area (Å²) in [5, 5.41) is 3.60. The molecule has 0 spiro atoms. The van der Waals surface area contributed by atoms with E-state index in [2.05, 4.69) is 5.32 Å². The van der Waals surface area contributed by atoms with Gasteiger partial charge < -0.3 is 11.1 Å². The van der Waals surface area contributed by atoms with Crippen LogP contribution in [-0.2, 0) is 4.79 Å². The van der Waals surface area contributed by atoms with Gasteiger partial charge in [0.1, 0.15) is 0 Å². The van der Waals surface area contributed by atoms with E-state index in [1.807, 2.05) is 0 Å². The smallest absolute Gasteiger partial charge is 0.226 e. The van der Waals surface area contributed by atoms with Crippen LogP contribution < -0.4 is 11.1 Å². The van der Waals surface area contributed by atoms with Gasteiger partial charge in [0.2, 0.25) is 5.91 Å². The minimum atomic E-state index is 0.0165. The maximum Gasteiger partial charge on any atom is 0.226 e. The van der Waals surface area contributed by atoms with Gasteiger partial charge in [0.25, 0.3) is 0 Å². The quantitative estimate of drug-likeness (QED) is 0.822. The summed E-state index contributed by atoms with van der Waals surface area (Å²) in [5.41, 5.74) is 6.27. The number of hydrogen-bond donors (Lipinski definition) is 2. The van der Waals surface area contributed by atoms with Crippen molar-refractivity contribution in [3.63, 3.8) is 0 Å². The molecule has 0 aromatic carbocycles. The summed E-state index contributed by atoms with van der Waals surface area (Å²) in [4.78, 5) is 13.3. The van der Waals surface area contributed by atoms with Gasteiger partial charge in [-0.25, -0.2) is 0 Å². The zero-order valence-electron chi connectivity index (χ0n) is 14.3. The lowest BCUT2D eigenvalue weighted by molar-refractivity contribution is -0.148. The third kappa shape index (κ3) is 2.37. The maximum atomic E-state index is 13.3.